The number of aromatic nitrogens is 2. The van der Waals surface area contributed by atoms with Gasteiger partial charge in [-0.3, -0.25) is 4.57 Å². The van der Waals surface area contributed by atoms with E-state index in [4.69, 9.17) is 0 Å². The van der Waals surface area contributed by atoms with E-state index in [0.717, 1.165) is 4.57 Å². The van der Waals surface area contributed by atoms with Crippen molar-refractivity contribution in [1.29, 1.82) is 0 Å². The van der Waals surface area contributed by atoms with Crippen LogP contribution in [0.2, 0.25) is 0 Å². The molecule has 6 heteroatoms. The van der Waals surface area contributed by atoms with Crippen molar-refractivity contribution in [3.05, 3.63) is 33.1 Å². The summed E-state index contributed by atoms with van der Waals surface area (Å²) in [5.41, 5.74) is -0.730. The van der Waals surface area contributed by atoms with Crippen LogP contribution >= 0.6 is 19.8 Å². The van der Waals surface area contributed by atoms with Gasteiger partial charge >= 0.3 is 40.2 Å². The van der Waals surface area contributed by atoms with Crippen LogP contribution in [0.4, 0.5) is 0 Å². The van der Waals surface area contributed by atoms with E-state index in [2.05, 4.69) is 25.8 Å². The molecule has 4 nitrogen and oxygen atoms in total. The van der Waals surface area contributed by atoms with Crippen molar-refractivity contribution < 1.29 is 14.8 Å². The third kappa shape index (κ3) is 2.82. The van der Waals surface area contributed by atoms with Crippen molar-refractivity contribution in [2.45, 2.75) is 0 Å². The molecule has 0 radical (unpaired) electrons. The van der Waals surface area contributed by atoms with E-state index in [1.165, 1.54) is 32.6 Å². The van der Waals surface area contributed by atoms with Crippen LogP contribution in [0.25, 0.3) is 0 Å². The number of hydrogen-bond donors (Lipinski definition) is 0. The van der Waals surface area contributed by atoms with Gasteiger partial charge in [0.05, 0.1) is 5.56 Å². The molecule has 1 aromatic rings. The number of rotatable bonds is 0. The molecule has 0 N–H and O–H groups in total. The zero-order chi connectivity index (χ0) is 9.72. The summed E-state index contributed by atoms with van der Waals surface area (Å²) in [5.74, 6) is 0. The second-order valence-electron chi connectivity index (χ2n) is 2.03. The van der Waals surface area contributed by atoms with Crippen molar-refractivity contribution >= 4 is 19.8 Å². The van der Waals surface area contributed by atoms with Gasteiger partial charge in [0.25, 0.3) is 0 Å². The van der Waals surface area contributed by atoms with Gasteiger partial charge in [-0.25, -0.2) is 4.79 Å². The first-order valence-electron chi connectivity index (χ1n) is 3.04. The average Bonchev–Trinajstić information content (AvgIpc) is 2.12. The molecule has 0 amide bonds. The van der Waals surface area contributed by atoms with Gasteiger partial charge < -0.3 is 15.4 Å². The van der Waals surface area contributed by atoms with Crippen LogP contribution in [-0.4, -0.2) is 9.13 Å². The first kappa shape index (κ1) is 12.0. The van der Waals surface area contributed by atoms with Gasteiger partial charge in [-0.15, -0.1) is 0 Å². The first-order valence-corrected chi connectivity index (χ1v) is 12.1. The summed E-state index contributed by atoms with van der Waals surface area (Å²) in [6.45, 7) is 0. The summed E-state index contributed by atoms with van der Waals surface area (Å²) < 4.78 is 2.29. The predicted molar refractivity (Wildman–Crippen MR) is 49.8 cm³/mol. The molecule has 0 aliphatic carbocycles. The van der Waals surface area contributed by atoms with Crippen LogP contribution in [0, 0.1) is 6.07 Å². The van der Waals surface area contributed by atoms with Crippen LogP contribution < -0.4 is 11.2 Å². The van der Waals surface area contributed by atoms with E-state index in [9.17, 15) is 9.59 Å². The Morgan fingerprint density at radius 3 is 2.33 bits per heavy atom. The van der Waals surface area contributed by atoms with Crippen LogP contribution in [0.15, 0.2) is 15.8 Å². The predicted octanol–water partition coefficient (Wildman–Crippen LogP) is -0.233. The second kappa shape index (κ2) is 5.64. The van der Waals surface area contributed by atoms with Crippen LogP contribution in [0.1, 0.15) is 0 Å². The summed E-state index contributed by atoms with van der Waals surface area (Å²) in [5, 5.41) is 0. The molecular weight excluding hydrogens is 324 g/mol. The summed E-state index contributed by atoms with van der Waals surface area (Å²) in [6, 6.07) is 2.38. The molecule has 0 fully saturated rings. The van der Waals surface area contributed by atoms with E-state index in [1.807, 2.05) is 0 Å². The van der Waals surface area contributed by atoms with Gasteiger partial charge in [0, 0.05) is 14.1 Å². The van der Waals surface area contributed by atoms with Crippen molar-refractivity contribution in [3.8, 4) is 0 Å². The topological polar surface area (TPSA) is 44.0 Å². The minimum absolute atomic E-state index is 0.330. The normalized spacial score (nSPS) is 8.75. The Balaban J connectivity index is 0.000000561. The van der Waals surface area contributed by atoms with Gasteiger partial charge in [-0.05, 0) is 0 Å². The fourth-order valence-corrected chi connectivity index (χ4v) is 0.628. The second-order valence-corrected chi connectivity index (χ2v) is 2.03. The zero-order valence-corrected chi connectivity index (χ0v) is 12.0. The van der Waals surface area contributed by atoms with E-state index >= 15 is 0 Å². The molecule has 0 saturated carbocycles. The van der Waals surface area contributed by atoms with Crippen LogP contribution in [-0.2, 0) is 28.9 Å². The summed E-state index contributed by atoms with van der Waals surface area (Å²) in [4.78, 5) is 21.6. The molecule has 0 aromatic carbocycles. The summed E-state index contributed by atoms with van der Waals surface area (Å²) in [6.07, 6.45) is 1.32. The Bertz CT molecular complexity index is 357. The molecule has 0 saturated heterocycles. The Morgan fingerprint density at radius 2 is 1.92 bits per heavy atom. The molecule has 0 unspecified atom stereocenters. The van der Waals surface area contributed by atoms with E-state index in [0.29, 0.717) is 0 Å². The number of aryl methyl sites for hydroxylation is 1. The monoisotopic (exact) mass is 330 g/mol. The van der Waals surface area contributed by atoms with E-state index in [1.54, 1.807) is 7.05 Å². The zero-order valence-electron chi connectivity index (χ0n) is 6.87. The van der Waals surface area contributed by atoms with Crippen molar-refractivity contribution in [2.75, 3.05) is 0 Å². The number of nitrogens with zero attached hydrogens (tertiary/aromatic N) is 2. The minimum atomic E-state index is -0.400. The molecule has 0 aliphatic rings. The van der Waals surface area contributed by atoms with Crippen molar-refractivity contribution in [2.24, 2.45) is 14.1 Å². The molecule has 0 aliphatic heterocycles. The maximum atomic E-state index is 10.9. The average molecular weight is 331 g/mol. The molecule has 62 valence electrons. The van der Waals surface area contributed by atoms with Crippen LogP contribution in [0.5, 0.6) is 0 Å². The summed E-state index contributed by atoms with van der Waals surface area (Å²) >= 11 is 3.62. The molecular formula is C6H7IN2O2Zn. The van der Waals surface area contributed by atoms with Gasteiger partial charge in [-0.1, -0.05) is 0 Å². The van der Waals surface area contributed by atoms with Gasteiger partial charge in [0.15, 0.2) is 0 Å². The fraction of sp³-hybridized carbons (Fsp3) is 0.333. The number of hydrogen-bond acceptors (Lipinski definition) is 2. The molecule has 0 bridgehead atoms. The maximum absolute atomic E-state index is 10.9. The molecule has 1 heterocycles. The van der Waals surface area contributed by atoms with Crippen molar-refractivity contribution in [1.82, 2.24) is 9.13 Å². The van der Waals surface area contributed by atoms with E-state index < -0.39 is 5.56 Å². The third-order valence-corrected chi connectivity index (χ3v) is 1.27. The van der Waals surface area contributed by atoms with E-state index in [-0.39, 0.29) is 5.69 Å². The van der Waals surface area contributed by atoms with Gasteiger partial charge in [0.1, 0.15) is 0 Å². The molecule has 1 aromatic heterocycles. The Morgan fingerprint density at radius 1 is 1.42 bits per heavy atom. The summed E-state index contributed by atoms with van der Waals surface area (Å²) in [7, 11) is 2.99. The fourth-order valence-electron chi connectivity index (χ4n) is 0.628. The SMILES string of the molecule is Cn1c[c-]c(=O)n(C)c1=O.[Zn+][I]. The van der Waals surface area contributed by atoms with Crippen molar-refractivity contribution in [3.63, 3.8) is 0 Å². The Hall–Kier alpha value is 0.0334. The van der Waals surface area contributed by atoms with Gasteiger partial charge in [0.2, 0.25) is 0 Å². The van der Waals surface area contributed by atoms with Gasteiger partial charge in [-0.2, -0.15) is 6.20 Å². The Labute approximate surface area is 90.5 Å². The quantitative estimate of drug-likeness (QED) is 0.374. The first-order chi connectivity index (χ1) is 5.63. The molecule has 0 spiro atoms. The Kier molecular flexibility index (Phi) is 5.66. The molecule has 1 rings (SSSR count). The number of halogens is 1. The third-order valence-electron chi connectivity index (χ3n) is 1.27. The standard InChI is InChI=1S/C6H7N2O2.HI.Zn/c1-7-4-3-5(9)8(2)6(7)10;;/h4H,1-2H3;1H;/q-1;;+2/p-1. The molecule has 12 heavy (non-hydrogen) atoms. The molecule has 0 atom stereocenters. The van der Waals surface area contributed by atoms with Crippen LogP contribution in [0.3, 0.4) is 0 Å².